The highest BCUT2D eigenvalue weighted by atomic mass is 16.5. The van der Waals surface area contributed by atoms with Gasteiger partial charge in [-0.15, -0.1) is 0 Å². The van der Waals surface area contributed by atoms with Crippen molar-refractivity contribution in [2.75, 3.05) is 44.3 Å². The minimum absolute atomic E-state index is 0.156. The number of piperidine rings is 1. The third-order valence-electron chi connectivity index (χ3n) is 4.46. The highest BCUT2D eigenvalue weighted by Gasteiger charge is 2.25. The van der Waals surface area contributed by atoms with E-state index in [0.717, 1.165) is 69.6 Å². The Morgan fingerprint density at radius 2 is 2.05 bits per heavy atom. The average molecular weight is 304 g/mol. The lowest BCUT2D eigenvalue weighted by Crippen LogP contribution is -2.38. The quantitative estimate of drug-likeness (QED) is 0.825. The summed E-state index contributed by atoms with van der Waals surface area (Å²) in [5.74, 6) is 2.27. The van der Waals surface area contributed by atoms with Crippen molar-refractivity contribution in [2.45, 2.75) is 32.6 Å². The number of aryl methyl sites for hydroxylation is 1. The summed E-state index contributed by atoms with van der Waals surface area (Å²) in [5, 5.41) is 0. The molecule has 0 aliphatic carbocycles. The highest BCUT2D eigenvalue weighted by molar-refractivity contribution is 5.73. The van der Waals surface area contributed by atoms with Crippen LogP contribution in [0.5, 0.6) is 0 Å². The van der Waals surface area contributed by atoms with Crippen LogP contribution in [0.4, 0.5) is 5.82 Å². The monoisotopic (exact) mass is 304 g/mol. The van der Waals surface area contributed by atoms with Gasteiger partial charge in [-0.25, -0.2) is 9.97 Å². The number of carbonyl (C=O) groups is 1. The van der Waals surface area contributed by atoms with Gasteiger partial charge in [0.25, 0.3) is 0 Å². The zero-order chi connectivity index (χ0) is 15.5. The fourth-order valence-electron chi connectivity index (χ4n) is 3.24. The van der Waals surface area contributed by atoms with Crippen LogP contribution in [-0.2, 0) is 9.53 Å². The Hall–Kier alpha value is -1.69. The summed E-state index contributed by atoms with van der Waals surface area (Å²) >= 11 is 0. The van der Waals surface area contributed by atoms with E-state index >= 15 is 0 Å². The lowest BCUT2D eigenvalue weighted by atomic mass is 9.94. The van der Waals surface area contributed by atoms with E-state index in [1.807, 2.05) is 11.8 Å². The van der Waals surface area contributed by atoms with Crippen molar-refractivity contribution in [1.29, 1.82) is 0 Å². The number of likely N-dealkylation sites (tertiary alicyclic amines) is 1. The molecule has 0 saturated carbocycles. The molecule has 3 heterocycles. The second-order valence-corrected chi connectivity index (χ2v) is 6.10. The molecule has 0 radical (unpaired) electrons. The molecule has 1 amide bonds. The van der Waals surface area contributed by atoms with E-state index in [0.29, 0.717) is 5.92 Å². The number of hydrogen-bond donors (Lipinski definition) is 0. The van der Waals surface area contributed by atoms with Crippen LogP contribution in [0.3, 0.4) is 0 Å². The second kappa shape index (κ2) is 6.60. The molecule has 22 heavy (non-hydrogen) atoms. The van der Waals surface area contributed by atoms with Crippen LogP contribution in [0.15, 0.2) is 6.07 Å². The van der Waals surface area contributed by atoms with Gasteiger partial charge in [0.05, 0.1) is 18.9 Å². The first-order chi connectivity index (χ1) is 10.6. The predicted molar refractivity (Wildman–Crippen MR) is 84.0 cm³/mol. The van der Waals surface area contributed by atoms with Gasteiger partial charge in [0, 0.05) is 45.1 Å². The molecular weight excluding hydrogens is 280 g/mol. The molecule has 6 nitrogen and oxygen atoms in total. The number of nitrogens with zero attached hydrogens (tertiary/aromatic N) is 4. The van der Waals surface area contributed by atoms with Crippen LogP contribution < -0.4 is 4.90 Å². The number of rotatable bonds is 2. The standard InChI is InChI=1S/C16H24N4O2/c1-12-17-15(14-4-3-5-20(11-14)13(2)21)10-16(18-12)19-6-8-22-9-7-19/h10,14H,3-9,11H2,1-2H3. The second-order valence-electron chi connectivity index (χ2n) is 6.10. The number of amides is 1. The van der Waals surface area contributed by atoms with Crippen molar-refractivity contribution in [2.24, 2.45) is 0 Å². The Morgan fingerprint density at radius 3 is 2.77 bits per heavy atom. The zero-order valence-corrected chi connectivity index (χ0v) is 13.4. The van der Waals surface area contributed by atoms with E-state index in [1.54, 1.807) is 6.92 Å². The fraction of sp³-hybridized carbons (Fsp3) is 0.688. The normalized spacial score (nSPS) is 22.7. The lowest BCUT2D eigenvalue weighted by Gasteiger charge is -2.33. The zero-order valence-electron chi connectivity index (χ0n) is 13.4. The topological polar surface area (TPSA) is 58.6 Å². The van der Waals surface area contributed by atoms with Crippen LogP contribution in [0, 0.1) is 6.92 Å². The minimum atomic E-state index is 0.156. The lowest BCUT2D eigenvalue weighted by molar-refractivity contribution is -0.130. The van der Waals surface area contributed by atoms with E-state index in [4.69, 9.17) is 4.74 Å². The Balaban J connectivity index is 1.80. The van der Waals surface area contributed by atoms with Crippen LogP contribution in [-0.4, -0.2) is 60.2 Å². The van der Waals surface area contributed by atoms with Crippen molar-refractivity contribution >= 4 is 11.7 Å². The molecule has 2 aliphatic rings. The first-order valence-electron chi connectivity index (χ1n) is 8.07. The van der Waals surface area contributed by atoms with E-state index in [-0.39, 0.29) is 5.91 Å². The maximum absolute atomic E-state index is 11.6. The fourth-order valence-corrected chi connectivity index (χ4v) is 3.24. The predicted octanol–water partition coefficient (Wildman–Crippen LogP) is 1.35. The highest BCUT2D eigenvalue weighted by Crippen LogP contribution is 2.28. The van der Waals surface area contributed by atoms with Crippen molar-refractivity contribution in [3.8, 4) is 0 Å². The molecule has 1 aromatic rings. The Morgan fingerprint density at radius 1 is 1.27 bits per heavy atom. The Kier molecular flexibility index (Phi) is 4.57. The largest absolute Gasteiger partial charge is 0.378 e. The first kappa shape index (κ1) is 15.2. The molecule has 3 rings (SSSR count). The summed E-state index contributed by atoms with van der Waals surface area (Å²) in [6, 6.07) is 2.10. The third-order valence-corrected chi connectivity index (χ3v) is 4.46. The summed E-state index contributed by atoms with van der Waals surface area (Å²) in [7, 11) is 0. The van der Waals surface area contributed by atoms with Gasteiger partial charge in [0.1, 0.15) is 11.6 Å². The first-order valence-corrected chi connectivity index (χ1v) is 8.07. The van der Waals surface area contributed by atoms with Gasteiger partial charge in [0.2, 0.25) is 5.91 Å². The summed E-state index contributed by atoms with van der Waals surface area (Å²) in [5.41, 5.74) is 1.07. The summed E-state index contributed by atoms with van der Waals surface area (Å²) in [4.78, 5) is 25.0. The van der Waals surface area contributed by atoms with E-state index in [1.165, 1.54) is 0 Å². The molecular formula is C16H24N4O2. The van der Waals surface area contributed by atoms with Gasteiger partial charge in [-0.05, 0) is 19.8 Å². The number of anilines is 1. The molecule has 0 spiro atoms. The number of ether oxygens (including phenoxy) is 1. The van der Waals surface area contributed by atoms with Crippen molar-refractivity contribution in [3.63, 3.8) is 0 Å². The van der Waals surface area contributed by atoms with E-state index in [2.05, 4.69) is 20.9 Å². The molecule has 6 heteroatoms. The molecule has 1 atom stereocenters. The Labute approximate surface area is 131 Å². The van der Waals surface area contributed by atoms with Crippen LogP contribution >= 0.6 is 0 Å². The van der Waals surface area contributed by atoms with Gasteiger partial charge in [-0.3, -0.25) is 4.79 Å². The molecule has 0 N–H and O–H groups in total. The third kappa shape index (κ3) is 3.38. The minimum Gasteiger partial charge on any atom is -0.378 e. The van der Waals surface area contributed by atoms with Gasteiger partial charge in [0.15, 0.2) is 0 Å². The van der Waals surface area contributed by atoms with Gasteiger partial charge >= 0.3 is 0 Å². The van der Waals surface area contributed by atoms with Crippen molar-refractivity contribution in [3.05, 3.63) is 17.6 Å². The average Bonchev–Trinajstić information content (AvgIpc) is 2.55. The van der Waals surface area contributed by atoms with E-state index < -0.39 is 0 Å². The number of hydrogen-bond acceptors (Lipinski definition) is 5. The molecule has 0 aromatic carbocycles. The molecule has 1 unspecified atom stereocenters. The number of carbonyl (C=O) groups excluding carboxylic acids is 1. The molecule has 2 fully saturated rings. The SMILES string of the molecule is CC(=O)N1CCCC(c2cc(N3CCOCC3)nc(C)n2)C1. The Bertz CT molecular complexity index is 543. The molecule has 0 bridgehead atoms. The maximum atomic E-state index is 11.6. The van der Waals surface area contributed by atoms with Crippen LogP contribution in [0.2, 0.25) is 0 Å². The smallest absolute Gasteiger partial charge is 0.219 e. The maximum Gasteiger partial charge on any atom is 0.219 e. The van der Waals surface area contributed by atoms with Gasteiger partial charge in [-0.1, -0.05) is 0 Å². The molecule has 1 aromatic heterocycles. The van der Waals surface area contributed by atoms with E-state index in [9.17, 15) is 4.79 Å². The summed E-state index contributed by atoms with van der Waals surface area (Å²) in [6.07, 6.45) is 2.13. The molecule has 120 valence electrons. The summed E-state index contributed by atoms with van der Waals surface area (Å²) in [6.45, 7) is 8.48. The number of aromatic nitrogens is 2. The van der Waals surface area contributed by atoms with Crippen LogP contribution in [0.1, 0.15) is 37.2 Å². The van der Waals surface area contributed by atoms with Crippen LogP contribution in [0.25, 0.3) is 0 Å². The number of morpholine rings is 1. The molecule has 2 saturated heterocycles. The molecule has 2 aliphatic heterocycles. The van der Waals surface area contributed by atoms with Crippen molar-refractivity contribution < 1.29 is 9.53 Å². The van der Waals surface area contributed by atoms with Crippen molar-refractivity contribution in [1.82, 2.24) is 14.9 Å². The van der Waals surface area contributed by atoms with Gasteiger partial charge in [-0.2, -0.15) is 0 Å². The van der Waals surface area contributed by atoms with Gasteiger partial charge < -0.3 is 14.5 Å². The summed E-state index contributed by atoms with van der Waals surface area (Å²) < 4.78 is 5.41.